The van der Waals surface area contributed by atoms with Crippen LogP contribution in [0.5, 0.6) is 0 Å². The van der Waals surface area contributed by atoms with Gasteiger partial charge >= 0.3 is 6.18 Å². The summed E-state index contributed by atoms with van der Waals surface area (Å²) in [6.07, 6.45) is -1.96. The van der Waals surface area contributed by atoms with Gasteiger partial charge in [-0.05, 0) is 49.8 Å². The van der Waals surface area contributed by atoms with Crippen molar-refractivity contribution in [2.45, 2.75) is 38.8 Å². The van der Waals surface area contributed by atoms with E-state index in [4.69, 9.17) is 22.3 Å². The Labute approximate surface area is 158 Å². The molecule has 9 heteroatoms. The van der Waals surface area contributed by atoms with E-state index in [1.54, 1.807) is 0 Å². The molecule has 1 aromatic heterocycles. The maximum Gasteiger partial charge on any atom is 0.431 e. The zero-order valence-corrected chi connectivity index (χ0v) is 15.1. The first-order chi connectivity index (χ1) is 13.1. The zero-order chi connectivity index (χ0) is 20.8. The molecular formula is C19H19F4N5. The molecule has 1 heterocycles. The molecule has 2 aromatic rings. The van der Waals surface area contributed by atoms with Gasteiger partial charge in [-0.25, -0.2) is 9.37 Å². The lowest BCUT2D eigenvalue weighted by Gasteiger charge is -2.24. The van der Waals surface area contributed by atoms with E-state index < -0.39 is 23.3 Å². The number of nitrogens with one attached hydrogen (secondary N) is 2. The monoisotopic (exact) mass is 393 g/mol. The maximum absolute atomic E-state index is 14.7. The minimum Gasteiger partial charge on any atom is -0.398 e. The van der Waals surface area contributed by atoms with Crippen LogP contribution in [0, 0.1) is 16.6 Å². The molecule has 0 saturated carbocycles. The lowest BCUT2D eigenvalue weighted by molar-refractivity contribution is -0.0919. The molecule has 0 spiro atoms. The van der Waals surface area contributed by atoms with Crippen molar-refractivity contribution in [3.63, 3.8) is 0 Å². The van der Waals surface area contributed by atoms with E-state index in [2.05, 4.69) is 4.98 Å². The van der Waals surface area contributed by atoms with E-state index in [0.717, 1.165) is 12.5 Å². The Hall–Kier alpha value is -2.97. The Balaban J connectivity index is 2.52. The van der Waals surface area contributed by atoms with E-state index >= 15 is 0 Å². The van der Waals surface area contributed by atoms with Gasteiger partial charge in [0.2, 0.25) is 0 Å². The normalized spacial score (nSPS) is 15.2. The van der Waals surface area contributed by atoms with Gasteiger partial charge in [0.1, 0.15) is 11.2 Å². The summed E-state index contributed by atoms with van der Waals surface area (Å²) in [5.41, 5.74) is 10.5. The summed E-state index contributed by atoms with van der Waals surface area (Å²) in [5, 5.41) is 15.9. The van der Waals surface area contributed by atoms with Crippen LogP contribution in [0.1, 0.15) is 42.1 Å². The average Bonchev–Trinajstić information content (AvgIpc) is 2.61. The number of halogens is 4. The molecule has 1 aliphatic carbocycles. The minimum absolute atomic E-state index is 0.0810. The second kappa shape index (κ2) is 6.88. The van der Waals surface area contributed by atoms with Crippen LogP contribution in [0.4, 0.5) is 23.2 Å². The number of nitrogens with two attached hydrogens (primary N) is 2. The quantitative estimate of drug-likeness (QED) is 0.358. The fraction of sp³-hybridized carbons (Fsp3) is 0.316. The highest BCUT2D eigenvalue weighted by Gasteiger charge is 2.36. The number of hydrogen-bond donors (Lipinski definition) is 4. The summed E-state index contributed by atoms with van der Waals surface area (Å²) in [7, 11) is 0. The SMILES string of the molecule is CC(=N)c1c(N)cc(F)c2nc(C(C=N)=C(N)C(F)(F)F)c3c(c12)CCCC3. The van der Waals surface area contributed by atoms with E-state index in [0.29, 0.717) is 47.6 Å². The van der Waals surface area contributed by atoms with Gasteiger partial charge in [0.15, 0.2) is 5.82 Å². The number of aromatic nitrogens is 1. The smallest absolute Gasteiger partial charge is 0.398 e. The predicted molar refractivity (Wildman–Crippen MR) is 101 cm³/mol. The van der Waals surface area contributed by atoms with Crippen LogP contribution >= 0.6 is 0 Å². The molecule has 1 aliphatic rings. The van der Waals surface area contributed by atoms with E-state index in [1.807, 2.05) is 0 Å². The molecule has 0 atom stereocenters. The molecule has 0 bridgehead atoms. The van der Waals surface area contributed by atoms with Crippen LogP contribution in [-0.4, -0.2) is 23.1 Å². The number of nitrogens with zero attached hydrogens (tertiary/aromatic N) is 1. The number of pyridine rings is 1. The maximum atomic E-state index is 14.7. The number of benzene rings is 1. The first-order valence-corrected chi connectivity index (χ1v) is 8.64. The second-order valence-corrected chi connectivity index (χ2v) is 6.77. The highest BCUT2D eigenvalue weighted by Crippen LogP contribution is 2.39. The van der Waals surface area contributed by atoms with E-state index in [9.17, 15) is 17.6 Å². The van der Waals surface area contributed by atoms with Gasteiger partial charge < -0.3 is 22.3 Å². The van der Waals surface area contributed by atoms with Crippen molar-refractivity contribution >= 4 is 34.1 Å². The van der Waals surface area contributed by atoms with Gasteiger partial charge in [0.25, 0.3) is 0 Å². The number of aryl methyl sites for hydroxylation is 1. The van der Waals surface area contributed by atoms with Crippen LogP contribution in [0.3, 0.4) is 0 Å². The molecule has 6 N–H and O–H groups in total. The third kappa shape index (κ3) is 3.10. The Morgan fingerprint density at radius 1 is 1.21 bits per heavy atom. The Kier molecular flexibility index (Phi) is 4.86. The second-order valence-electron chi connectivity index (χ2n) is 6.77. The van der Waals surface area contributed by atoms with Crippen LogP contribution in [0.25, 0.3) is 16.5 Å². The standard InChI is InChI=1S/C19H19F4N5/c1-8(25)14-13(26)6-12(20)17-15(14)9-4-2-3-5-10(9)16(28-17)11(7-24)18(27)19(21,22)23/h6-7,24-25H,2-5,26-27H2,1H3. The van der Waals surface area contributed by atoms with Crippen LogP contribution in [0.2, 0.25) is 0 Å². The topological polar surface area (TPSA) is 113 Å². The first-order valence-electron chi connectivity index (χ1n) is 8.64. The van der Waals surface area contributed by atoms with Crippen molar-refractivity contribution in [3.8, 4) is 0 Å². The lowest BCUT2D eigenvalue weighted by atomic mass is 9.84. The van der Waals surface area contributed by atoms with Crippen molar-refractivity contribution in [1.29, 1.82) is 10.8 Å². The number of anilines is 1. The number of rotatable bonds is 3. The number of nitrogen functional groups attached to an aromatic ring is 1. The van der Waals surface area contributed by atoms with Gasteiger partial charge in [0.05, 0.1) is 5.69 Å². The summed E-state index contributed by atoms with van der Waals surface area (Å²) in [6.45, 7) is 1.51. The molecule has 0 fully saturated rings. The molecular weight excluding hydrogens is 374 g/mol. The highest BCUT2D eigenvalue weighted by atomic mass is 19.4. The minimum atomic E-state index is -4.85. The third-order valence-electron chi connectivity index (χ3n) is 4.93. The number of allylic oxidation sites excluding steroid dienone is 2. The summed E-state index contributed by atoms with van der Waals surface area (Å²) < 4.78 is 54.3. The van der Waals surface area contributed by atoms with Gasteiger partial charge in [-0.2, -0.15) is 13.2 Å². The van der Waals surface area contributed by atoms with E-state index in [-0.39, 0.29) is 22.6 Å². The largest absolute Gasteiger partial charge is 0.431 e. The zero-order valence-electron chi connectivity index (χ0n) is 15.1. The van der Waals surface area contributed by atoms with E-state index in [1.165, 1.54) is 6.92 Å². The van der Waals surface area contributed by atoms with Crippen molar-refractivity contribution in [1.82, 2.24) is 4.98 Å². The summed E-state index contributed by atoms with van der Waals surface area (Å²) in [6, 6.07) is 1.02. The van der Waals surface area contributed by atoms with Crippen LogP contribution in [0.15, 0.2) is 11.8 Å². The molecule has 0 aliphatic heterocycles. The average molecular weight is 393 g/mol. The molecule has 0 radical (unpaired) electrons. The molecule has 1 aromatic carbocycles. The third-order valence-corrected chi connectivity index (χ3v) is 4.93. The number of hydrogen-bond acceptors (Lipinski definition) is 5. The number of fused-ring (bicyclic) bond motifs is 3. The Morgan fingerprint density at radius 3 is 2.36 bits per heavy atom. The lowest BCUT2D eigenvalue weighted by Crippen LogP contribution is -2.23. The number of alkyl halides is 3. The molecule has 148 valence electrons. The van der Waals surface area contributed by atoms with Gasteiger partial charge in [-0.15, -0.1) is 0 Å². The van der Waals surface area contributed by atoms with Gasteiger partial charge in [0, 0.05) is 34.1 Å². The summed E-state index contributed by atoms with van der Waals surface area (Å²) in [5.74, 6) is -0.790. The summed E-state index contributed by atoms with van der Waals surface area (Å²) >= 11 is 0. The van der Waals surface area contributed by atoms with Gasteiger partial charge in [-0.3, -0.25) is 0 Å². The summed E-state index contributed by atoms with van der Waals surface area (Å²) in [4.78, 5) is 4.16. The molecule has 0 unspecified atom stereocenters. The van der Waals surface area contributed by atoms with Crippen molar-refractivity contribution < 1.29 is 17.6 Å². The molecule has 28 heavy (non-hydrogen) atoms. The van der Waals surface area contributed by atoms with Crippen molar-refractivity contribution in [2.24, 2.45) is 5.73 Å². The molecule has 3 rings (SSSR count). The van der Waals surface area contributed by atoms with Crippen LogP contribution < -0.4 is 11.5 Å². The molecule has 5 nitrogen and oxygen atoms in total. The van der Waals surface area contributed by atoms with Crippen molar-refractivity contribution in [3.05, 3.63) is 40.0 Å². The van der Waals surface area contributed by atoms with Gasteiger partial charge in [-0.1, -0.05) is 0 Å². The fourth-order valence-electron chi connectivity index (χ4n) is 3.74. The Bertz CT molecular complexity index is 1040. The predicted octanol–water partition coefficient (Wildman–Crippen LogP) is 4.10. The highest BCUT2D eigenvalue weighted by molar-refractivity contribution is 6.15. The molecule has 0 amide bonds. The van der Waals surface area contributed by atoms with Crippen LogP contribution in [-0.2, 0) is 12.8 Å². The molecule has 0 saturated heterocycles. The Morgan fingerprint density at radius 2 is 1.82 bits per heavy atom. The first kappa shape index (κ1) is 19.8. The van der Waals surface area contributed by atoms with Crippen molar-refractivity contribution in [2.75, 3.05) is 5.73 Å². The fourth-order valence-corrected chi connectivity index (χ4v) is 3.74.